The molecule has 1 aliphatic carbocycles. The van der Waals surface area contributed by atoms with Gasteiger partial charge in [0.25, 0.3) is 0 Å². The highest BCUT2D eigenvalue weighted by Gasteiger charge is 2.04. The summed E-state index contributed by atoms with van der Waals surface area (Å²) in [6.45, 7) is 0.766. The lowest BCUT2D eigenvalue weighted by Gasteiger charge is -2.11. The molecule has 90 valence electrons. The second-order valence-electron chi connectivity index (χ2n) is 3.97. The summed E-state index contributed by atoms with van der Waals surface area (Å²) in [5.41, 5.74) is 1.08. The van der Waals surface area contributed by atoms with E-state index in [1.165, 1.54) is 0 Å². The first kappa shape index (κ1) is 12.2. The molecule has 1 aromatic carbocycles. The zero-order valence-corrected chi connectivity index (χ0v) is 10.6. The van der Waals surface area contributed by atoms with Crippen molar-refractivity contribution < 1.29 is 4.74 Å². The maximum atomic E-state index is 6.17. The van der Waals surface area contributed by atoms with Gasteiger partial charge < -0.3 is 10.1 Å². The van der Waals surface area contributed by atoms with Gasteiger partial charge in [-0.1, -0.05) is 23.7 Å². The minimum Gasteiger partial charge on any atom is -0.458 e. The van der Waals surface area contributed by atoms with Crippen LogP contribution in [0.5, 0.6) is 5.75 Å². The van der Waals surface area contributed by atoms with E-state index in [1.54, 1.807) is 0 Å². The molecule has 0 aromatic heterocycles. The fourth-order valence-electron chi connectivity index (χ4n) is 1.73. The molecule has 0 unspecified atom stereocenters. The summed E-state index contributed by atoms with van der Waals surface area (Å²) >= 11 is 6.17. The Kier molecular flexibility index (Phi) is 4.24. The molecule has 3 heteroatoms. The summed E-state index contributed by atoms with van der Waals surface area (Å²) in [5.74, 6) is 1.68. The summed E-state index contributed by atoms with van der Waals surface area (Å²) in [4.78, 5) is 0. The van der Waals surface area contributed by atoms with Crippen molar-refractivity contribution >= 4 is 11.6 Å². The van der Waals surface area contributed by atoms with E-state index in [1.807, 2.05) is 31.3 Å². The molecule has 1 aromatic rings. The Bertz CT molecular complexity index is 452. The fraction of sp³-hybridized carbons (Fsp3) is 0.286. The highest BCUT2D eigenvalue weighted by Crippen LogP contribution is 2.25. The Morgan fingerprint density at radius 3 is 2.88 bits per heavy atom. The van der Waals surface area contributed by atoms with Crippen molar-refractivity contribution in [2.45, 2.75) is 19.4 Å². The molecule has 0 fully saturated rings. The van der Waals surface area contributed by atoms with Crippen LogP contribution in [0.25, 0.3) is 0 Å². The molecule has 2 rings (SSSR count). The van der Waals surface area contributed by atoms with Crippen molar-refractivity contribution in [3.05, 3.63) is 52.8 Å². The van der Waals surface area contributed by atoms with Crippen LogP contribution in [-0.2, 0) is 6.54 Å². The van der Waals surface area contributed by atoms with Crippen molar-refractivity contribution in [1.82, 2.24) is 5.32 Å². The molecular formula is C14H16ClNO. The van der Waals surface area contributed by atoms with Crippen molar-refractivity contribution in [2.24, 2.45) is 0 Å². The van der Waals surface area contributed by atoms with E-state index in [-0.39, 0.29) is 0 Å². The highest BCUT2D eigenvalue weighted by molar-refractivity contribution is 6.31. The Morgan fingerprint density at radius 2 is 2.24 bits per heavy atom. The first-order valence-corrected chi connectivity index (χ1v) is 6.15. The summed E-state index contributed by atoms with van der Waals surface area (Å²) in [6.07, 6.45) is 8.34. The van der Waals surface area contributed by atoms with Crippen LogP contribution in [0.3, 0.4) is 0 Å². The number of nitrogens with one attached hydrogen (secondary N) is 1. The molecule has 0 radical (unpaired) electrons. The molecule has 2 nitrogen and oxygen atoms in total. The first-order valence-electron chi connectivity index (χ1n) is 5.77. The van der Waals surface area contributed by atoms with Gasteiger partial charge in [0.2, 0.25) is 0 Å². The van der Waals surface area contributed by atoms with E-state index in [4.69, 9.17) is 16.3 Å². The molecule has 0 heterocycles. The van der Waals surface area contributed by atoms with Crippen molar-refractivity contribution in [1.29, 1.82) is 0 Å². The first-order chi connectivity index (χ1) is 8.29. The standard InChI is InChI=1S/C14H16ClNO/c1-16-10-11-7-8-13(9-14(11)15)17-12-5-3-2-4-6-12/h3,5-9,16H,2,4,10H2,1H3. The molecule has 1 N–H and O–H groups in total. The molecule has 0 spiro atoms. The number of benzene rings is 1. The van der Waals surface area contributed by atoms with Gasteiger partial charge in [0, 0.05) is 11.6 Å². The average Bonchev–Trinajstić information content (AvgIpc) is 2.34. The molecule has 0 amide bonds. The van der Waals surface area contributed by atoms with Crippen LogP contribution >= 0.6 is 11.6 Å². The zero-order valence-electron chi connectivity index (χ0n) is 9.87. The number of hydrogen-bond acceptors (Lipinski definition) is 2. The third kappa shape index (κ3) is 3.35. The van der Waals surface area contributed by atoms with Gasteiger partial charge in [-0.2, -0.15) is 0 Å². The summed E-state index contributed by atoms with van der Waals surface area (Å²) in [6, 6.07) is 5.79. The van der Waals surface area contributed by atoms with Gasteiger partial charge in [0.1, 0.15) is 11.5 Å². The highest BCUT2D eigenvalue weighted by atomic mass is 35.5. The summed E-state index contributed by atoms with van der Waals surface area (Å²) in [7, 11) is 1.90. The predicted octanol–water partition coefficient (Wildman–Crippen LogP) is 3.67. The van der Waals surface area contributed by atoms with Crippen LogP contribution in [-0.4, -0.2) is 7.05 Å². The number of hydrogen-bond donors (Lipinski definition) is 1. The Labute approximate surface area is 107 Å². The van der Waals surface area contributed by atoms with E-state index in [2.05, 4.69) is 17.5 Å². The summed E-state index contributed by atoms with van der Waals surface area (Å²) < 4.78 is 5.74. The largest absolute Gasteiger partial charge is 0.458 e. The molecular weight excluding hydrogens is 234 g/mol. The van der Waals surface area contributed by atoms with Gasteiger partial charge in [-0.3, -0.25) is 0 Å². The molecule has 0 saturated heterocycles. The second kappa shape index (κ2) is 5.89. The molecule has 0 aliphatic heterocycles. The van der Waals surface area contributed by atoms with Crippen molar-refractivity contribution in [3.8, 4) is 5.75 Å². The smallest absolute Gasteiger partial charge is 0.128 e. The second-order valence-corrected chi connectivity index (χ2v) is 4.38. The van der Waals surface area contributed by atoms with E-state index in [0.717, 1.165) is 41.5 Å². The van der Waals surface area contributed by atoms with E-state index < -0.39 is 0 Å². The lowest BCUT2D eigenvalue weighted by atomic mass is 10.2. The monoisotopic (exact) mass is 249 g/mol. The number of halogens is 1. The zero-order chi connectivity index (χ0) is 12.1. The normalized spacial score (nSPS) is 14.6. The minimum atomic E-state index is 0.734. The van der Waals surface area contributed by atoms with Crippen LogP contribution in [0.15, 0.2) is 42.2 Å². The van der Waals surface area contributed by atoms with Crippen LogP contribution in [0.1, 0.15) is 18.4 Å². The quantitative estimate of drug-likeness (QED) is 0.879. The van der Waals surface area contributed by atoms with Crippen LogP contribution in [0, 0.1) is 0 Å². The molecule has 1 aliphatic rings. The average molecular weight is 250 g/mol. The maximum absolute atomic E-state index is 6.17. The lowest BCUT2D eigenvalue weighted by Crippen LogP contribution is -2.05. The third-order valence-corrected chi connectivity index (χ3v) is 2.94. The van der Waals surface area contributed by atoms with Crippen LogP contribution < -0.4 is 10.1 Å². The predicted molar refractivity (Wildman–Crippen MR) is 71.3 cm³/mol. The Morgan fingerprint density at radius 1 is 1.35 bits per heavy atom. The van der Waals surface area contributed by atoms with E-state index >= 15 is 0 Å². The number of ether oxygens (including phenoxy) is 1. The van der Waals surface area contributed by atoms with Gasteiger partial charge in [-0.25, -0.2) is 0 Å². The van der Waals surface area contributed by atoms with Crippen molar-refractivity contribution in [3.63, 3.8) is 0 Å². The minimum absolute atomic E-state index is 0.734. The van der Waals surface area contributed by atoms with Gasteiger partial charge in [-0.15, -0.1) is 0 Å². The molecule has 17 heavy (non-hydrogen) atoms. The van der Waals surface area contributed by atoms with E-state index in [9.17, 15) is 0 Å². The molecule has 0 saturated carbocycles. The SMILES string of the molecule is CNCc1ccc(OC2=CCCC=C2)cc1Cl. The maximum Gasteiger partial charge on any atom is 0.128 e. The van der Waals surface area contributed by atoms with Crippen LogP contribution in [0.4, 0.5) is 0 Å². The Balaban J connectivity index is 2.09. The van der Waals surface area contributed by atoms with Gasteiger partial charge in [-0.05, 0) is 49.7 Å². The number of rotatable bonds is 4. The lowest BCUT2D eigenvalue weighted by molar-refractivity contribution is 0.439. The van der Waals surface area contributed by atoms with E-state index in [0.29, 0.717) is 0 Å². The van der Waals surface area contributed by atoms with Gasteiger partial charge >= 0.3 is 0 Å². The van der Waals surface area contributed by atoms with Crippen LogP contribution in [0.2, 0.25) is 5.02 Å². The molecule has 0 atom stereocenters. The topological polar surface area (TPSA) is 21.3 Å². The van der Waals surface area contributed by atoms with Crippen molar-refractivity contribution in [2.75, 3.05) is 7.05 Å². The van der Waals surface area contributed by atoms with Gasteiger partial charge in [0.15, 0.2) is 0 Å². The third-order valence-electron chi connectivity index (χ3n) is 2.59. The summed E-state index contributed by atoms with van der Waals surface area (Å²) in [5, 5.41) is 3.81. The fourth-order valence-corrected chi connectivity index (χ4v) is 1.96. The Hall–Kier alpha value is -1.25. The number of allylic oxidation sites excluding steroid dienone is 3. The molecule has 0 bridgehead atoms. The van der Waals surface area contributed by atoms with Gasteiger partial charge in [0.05, 0.1) is 0 Å².